The number of hydrogen-bond donors (Lipinski definition) is 4. The fraction of sp³-hybridized carbons (Fsp3) is 0.154. The summed E-state index contributed by atoms with van der Waals surface area (Å²) in [6, 6.07) is 5.60. The number of H-pyrrole nitrogens is 1. The zero-order valence-electron chi connectivity index (χ0n) is 10.8. The molecule has 21 heavy (non-hydrogen) atoms. The van der Waals surface area contributed by atoms with Crippen molar-refractivity contribution in [3.05, 3.63) is 46.1 Å². The van der Waals surface area contributed by atoms with Crippen molar-refractivity contribution in [2.75, 3.05) is 5.32 Å². The Morgan fingerprint density at radius 1 is 1.43 bits per heavy atom. The van der Waals surface area contributed by atoms with Gasteiger partial charge in [-0.2, -0.15) is 0 Å². The smallest absolute Gasteiger partial charge is 0.326 e. The predicted octanol–water partition coefficient (Wildman–Crippen LogP) is 1.83. The molecule has 0 aliphatic carbocycles. The van der Waals surface area contributed by atoms with Crippen LogP contribution in [-0.2, 0) is 11.2 Å². The predicted molar refractivity (Wildman–Crippen MR) is 85.0 cm³/mol. The summed E-state index contributed by atoms with van der Waals surface area (Å²) in [5, 5.41) is 14.2. The second-order valence-corrected chi connectivity index (χ2v) is 5.53. The van der Waals surface area contributed by atoms with Crippen molar-refractivity contribution in [3.63, 3.8) is 0 Å². The highest BCUT2D eigenvalue weighted by Gasteiger charge is 2.21. The number of hydrogen-bond acceptors (Lipinski definition) is 3. The van der Waals surface area contributed by atoms with Crippen molar-refractivity contribution in [1.82, 2.24) is 15.3 Å². The van der Waals surface area contributed by atoms with Crippen LogP contribution in [0.5, 0.6) is 0 Å². The minimum Gasteiger partial charge on any atom is -0.480 e. The average molecular weight is 400 g/mol. The second kappa shape index (κ2) is 7.07. The fourth-order valence-electron chi connectivity index (χ4n) is 1.71. The number of anilines is 1. The van der Waals surface area contributed by atoms with E-state index in [4.69, 9.17) is 5.11 Å². The lowest BCUT2D eigenvalue weighted by Gasteiger charge is -2.14. The Kier molecular flexibility index (Phi) is 5.14. The van der Waals surface area contributed by atoms with Crippen LogP contribution in [0.25, 0.3) is 0 Å². The lowest BCUT2D eigenvalue weighted by atomic mass is 10.2. The number of amides is 2. The molecule has 0 saturated heterocycles. The van der Waals surface area contributed by atoms with E-state index in [0.717, 1.165) is 3.57 Å². The molecule has 0 aliphatic heterocycles. The number of carbonyl (C=O) groups excluding carboxylic acids is 1. The van der Waals surface area contributed by atoms with Crippen LogP contribution in [-0.4, -0.2) is 33.1 Å². The zero-order valence-corrected chi connectivity index (χ0v) is 13.0. The Hall–Kier alpha value is -2.10. The van der Waals surface area contributed by atoms with Crippen molar-refractivity contribution in [3.8, 4) is 0 Å². The first kappa shape index (κ1) is 15.3. The number of aromatic nitrogens is 2. The molecule has 1 heterocycles. The highest BCUT2D eigenvalue weighted by Crippen LogP contribution is 2.12. The molecule has 0 saturated carbocycles. The van der Waals surface area contributed by atoms with E-state index in [1.807, 2.05) is 6.07 Å². The molecule has 4 N–H and O–H groups in total. The zero-order chi connectivity index (χ0) is 15.2. The first-order chi connectivity index (χ1) is 10.0. The summed E-state index contributed by atoms with van der Waals surface area (Å²) >= 11 is 2.13. The van der Waals surface area contributed by atoms with E-state index in [1.165, 1.54) is 12.5 Å². The molecular weight excluding hydrogens is 387 g/mol. The maximum Gasteiger partial charge on any atom is 0.326 e. The maximum absolute atomic E-state index is 11.9. The number of rotatable bonds is 5. The number of benzene rings is 1. The molecule has 0 radical (unpaired) electrons. The number of imidazole rings is 1. The molecule has 0 unspecified atom stereocenters. The number of urea groups is 1. The molecule has 8 heteroatoms. The summed E-state index contributed by atoms with van der Waals surface area (Å²) in [5.74, 6) is -1.11. The van der Waals surface area contributed by atoms with Gasteiger partial charge in [-0.15, -0.1) is 0 Å². The van der Waals surface area contributed by atoms with Crippen LogP contribution in [0.15, 0.2) is 36.8 Å². The molecule has 110 valence electrons. The first-order valence-corrected chi connectivity index (χ1v) is 7.15. The molecule has 1 aromatic heterocycles. The maximum atomic E-state index is 11.9. The van der Waals surface area contributed by atoms with Gasteiger partial charge in [-0.05, 0) is 40.8 Å². The third-order valence-corrected chi connectivity index (χ3v) is 3.34. The monoisotopic (exact) mass is 400 g/mol. The van der Waals surface area contributed by atoms with Crippen LogP contribution in [0.2, 0.25) is 0 Å². The molecule has 0 fully saturated rings. The number of nitrogens with one attached hydrogen (secondary N) is 3. The van der Waals surface area contributed by atoms with Crippen LogP contribution in [0.1, 0.15) is 5.69 Å². The largest absolute Gasteiger partial charge is 0.480 e. The lowest BCUT2D eigenvalue weighted by molar-refractivity contribution is -0.139. The summed E-state index contributed by atoms with van der Waals surface area (Å²) in [6.45, 7) is 0. The number of aromatic amines is 1. The van der Waals surface area contributed by atoms with Gasteiger partial charge < -0.3 is 20.7 Å². The third-order valence-electron chi connectivity index (χ3n) is 2.66. The van der Waals surface area contributed by atoms with E-state index in [0.29, 0.717) is 11.4 Å². The van der Waals surface area contributed by atoms with Gasteiger partial charge in [0.25, 0.3) is 0 Å². The molecule has 0 bridgehead atoms. The molecule has 0 aliphatic rings. The van der Waals surface area contributed by atoms with Crippen LogP contribution in [0.3, 0.4) is 0 Å². The summed E-state index contributed by atoms with van der Waals surface area (Å²) in [5.41, 5.74) is 1.24. The summed E-state index contributed by atoms with van der Waals surface area (Å²) < 4.78 is 0.970. The number of carboxylic acid groups (broad SMARTS) is 1. The molecular formula is C13H13IN4O3. The van der Waals surface area contributed by atoms with Crippen molar-refractivity contribution < 1.29 is 14.7 Å². The van der Waals surface area contributed by atoms with E-state index in [2.05, 4.69) is 43.2 Å². The minimum atomic E-state index is -1.11. The molecule has 1 aromatic carbocycles. The van der Waals surface area contributed by atoms with E-state index in [9.17, 15) is 9.59 Å². The topological polar surface area (TPSA) is 107 Å². The Bertz CT molecular complexity index is 630. The molecule has 7 nitrogen and oxygen atoms in total. The third kappa shape index (κ3) is 4.74. The van der Waals surface area contributed by atoms with Crippen molar-refractivity contribution in [1.29, 1.82) is 0 Å². The van der Waals surface area contributed by atoms with Crippen LogP contribution in [0.4, 0.5) is 10.5 Å². The van der Waals surface area contributed by atoms with Gasteiger partial charge in [-0.3, -0.25) is 0 Å². The Balaban J connectivity index is 1.96. The lowest BCUT2D eigenvalue weighted by Crippen LogP contribution is -2.44. The molecule has 2 rings (SSSR count). The number of carboxylic acids is 1. The standard InChI is InChI=1S/C13H13IN4O3/c14-8-2-1-3-9(4-8)17-13(21)18-11(12(19)20)5-10-6-15-7-16-10/h1-4,6-7,11H,5H2,(H,15,16)(H,19,20)(H2,17,18,21)/t11-/m1/s1. The van der Waals surface area contributed by atoms with Gasteiger partial charge in [0.1, 0.15) is 6.04 Å². The van der Waals surface area contributed by atoms with Gasteiger partial charge in [0.05, 0.1) is 6.33 Å². The van der Waals surface area contributed by atoms with Crippen LogP contribution >= 0.6 is 22.6 Å². The van der Waals surface area contributed by atoms with Gasteiger partial charge >= 0.3 is 12.0 Å². The van der Waals surface area contributed by atoms with E-state index >= 15 is 0 Å². The SMILES string of the molecule is O=C(Nc1cccc(I)c1)N[C@H](Cc1cnc[nH]1)C(=O)O. The number of carbonyl (C=O) groups is 2. The van der Waals surface area contributed by atoms with E-state index in [-0.39, 0.29) is 6.42 Å². The van der Waals surface area contributed by atoms with Gasteiger partial charge in [0.15, 0.2) is 0 Å². The number of halogens is 1. The van der Waals surface area contributed by atoms with Crippen LogP contribution < -0.4 is 10.6 Å². The van der Waals surface area contributed by atoms with E-state index in [1.54, 1.807) is 18.2 Å². The summed E-state index contributed by atoms with van der Waals surface area (Å²) in [6.07, 6.45) is 3.12. The average Bonchev–Trinajstić information content (AvgIpc) is 2.90. The van der Waals surface area contributed by atoms with Gasteiger partial charge in [-0.25, -0.2) is 14.6 Å². The highest BCUT2D eigenvalue weighted by atomic mass is 127. The van der Waals surface area contributed by atoms with Crippen molar-refractivity contribution in [2.45, 2.75) is 12.5 Å². The Morgan fingerprint density at radius 3 is 2.86 bits per heavy atom. The molecule has 1 atom stereocenters. The Morgan fingerprint density at radius 2 is 2.24 bits per heavy atom. The van der Waals surface area contributed by atoms with Crippen molar-refractivity contribution in [2.24, 2.45) is 0 Å². The fourth-order valence-corrected chi connectivity index (χ4v) is 2.25. The van der Waals surface area contributed by atoms with Gasteiger partial charge in [-0.1, -0.05) is 6.07 Å². The van der Waals surface area contributed by atoms with E-state index < -0.39 is 18.0 Å². The molecule has 2 amide bonds. The highest BCUT2D eigenvalue weighted by molar-refractivity contribution is 14.1. The summed E-state index contributed by atoms with van der Waals surface area (Å²) in [4.78, 5) is 29.7. The van der Waals surface area contributed by atoms with Crippen molar-refractivity contribution >= 4 is 40.3 Å². The quantitative estimate of drug-likeness (QED) is 0.575. The normalized spacial score (nSPS) is 11.7. The Labute approximate surface area is 134 Å². The first-order valence-electron chi connectivity index (χ1n) is 6.08. The molecule has 2 aromatic rings. The van der Waals surface area contributed by atoms with Gasteiger partial charge in [0.2, 0.25) is 0 Å². The second-order valence-electron chi connectivity index (χ2n) is 4.28. The van der Waals surface area contributed by atoms with Crippen LogP contribution in [0, 0.1) is 3.57 Å². The summed E-state index contributed by atoms with van der Waals surface area (Å²) in [7, 11) is 0. The number of nitrogens with zero attached hydrogens (tertiary/aromatic N) is 1. The van der Waals surface area contributed by atoms with Gasteiger partial charge in [0, 0.05) is 27.6 Å². The number of aliphatic carboxylic acids is 1. The minimum absolute atomic E-state index is 0.134. The molecule has 0 spiro atoms.